The second kappa shape index (κ2) is 42.2. The lowest BCUT2D eigenvalue weighted by Gasteiger charge is -2.42. The molecule has 69 heavy (non-hydrogen) atoms. The van der Waals surface area contributed by atoms with Gasteiger partial charge in [-0.25, -0.2) is 0 Å². The number of aliphatic hydroxyl groups excluding tert-OH is 7. The Kier molecular flexibility index (Phi) is 38.4. The number of rotatable bonds is 42. The van der Waals surface area contributed by atoms with Crippen LogP contribution < -0.4 is 0 Å². The van der Waals surface area contributed by atoms with E-state index in [1.807, 2.05) is 0 Å². The van der Waals surface area contributed by atoms with Gasteiger partial charge in [-0.2, -0.15) is 0 Å². The first-order valence-corrected chi connectivity index (χ1v) is 26.9. The molecule has 0 saturated carbocycles. The highest BCUT2D eigenvalue weighted by Gasteiger charge is 2.47. The van der Waals surface area contributed by atoms with Crippen LogP contribution in [0.1, 0.15) is 181 Å². The molecule has 0 radical (unpaired) electrons. The molecule has 2 saturated heterocycles. The van der Waals surface area contributed by atoms with Crippen LogP contribution in [0, 0.1) is 0 Å². The van der Waals surface area contributed by atoms with Crippen molar-refractivity contribution in [1.29, 1.82) is 0 Å². The highest BCUT2D eigenvalue weighted by atomic mass is 16.7. The molecule has 2 aliphatic rings. The van der Waals surface area contributed by atoms with E-state index in [-0.39, 0.29) is 19.6 Å². The smallest absolute Gasteiger partial charge is 0.306 e. The lowest BCUT2D eigenvalue weighted by molar-refractivity contribution is -0.332. The Morgan fingerprint density at radius 2 is 0.928 bits per heavy atom. The molecule has 7 N–H and O–H groups in total. The topological polar surface area (TPSA) is 214 Å². The van der Waals surface area contributed by atoms with E-state index in [2.05, 4.69) is 74.6 Å². The summed E-state index contributed by atoms with van der Waals surface area (Å²) in [6, 6.07) is 0. The van der Waals surface area contributed by atoms with Crippen molar-refractivity contribution < 1.29 is 69.0 Å². The summed E-state index contributed by atoms with van der Waals surface area (Å²) in [4.78, 5) is 13.0. The SMILES string of the molecule is CCC/C=C\C/C=C\CCCCCCCC(=O)OC(COCCCCCCCCC/C=C\C/C=C\C/C=C\CCCCCCC)COC1OC(COC2OC(CO)C(O)C(O)C2O)C(O)C(O)C1O. The van der Waals surface area contributed by atoms with Crippen LogP contribution in [0.2, 0.25) is 0 Å². The molecule has 0 amide bonds. The predicted octanol–water partition coefficient (Wildman–Crippen LogP) is 8.52. The Morgan fingerprint density at radius 1 is 0.478 bits per heavy atom. The summed E-state index contributed by atoms with van der Waals surface area (Å²) in [7, 11) is 0. The molecule has 400 valence electrons. The third-order valence-corrected chi connectivity index (χ3v) is 12.5. The molecule has 11 unspecified atom stereocenters. The molecule has 2 aliphatic heterocycles. The van der Waals surface area contributed by atoms with E-state index >= 15 is 0 Å². The van der Waals surface area contributed by atoms with Crippen LogP contribution >= 0.6 is 0 Å². The van der Waals surface area contributed by atoms with Gasteiger partial charge in [0, 0.05) is 13.0 Å². The summed E-state index contributed by atoms with van der Waals surface area (Å²) in [6.45, 7) is 3.56. The van der Waals surface area contributed by atoms with Crippen LogP contribution in [-0.2, 0) is 33.2 Å². The Hall–Kier alpha value is -2.31. The second-order valence-corrected chi connectivity index (χ2v) is 18.7. The number of ether oxygens (including phenoxy) is 6. The zero-order valence-corrected chi connectivity index (χ0v) is 42.5. The van der Waals surface area contributed by atoms with Gasteiger partial charge in [0.25, 0.3) is 0 Å². The van der Waals surface area contributed by atoms with Crippen molar-refractivity contribution in [2.75, 3.05) is 33.0 Å². The summed E-state index contributed by atoms with van der Waals surface area (Å²) >= 11 is 0. The van der Waals surface area contributed by atoms with Crippen LogP contribution in [0.3, 0.4) is 0 Å². The fraction of sp³-hybridized carbons (Fsp3) is 0.800. The number of allylic oxidation sites excluding steroid dienone is 10. The first kappa shape index (κ1) is 62.8. The number of hydrogen-bond donors (Lipinski definition) is 7. The summed E-state index contributed by atoms with van der Waals surface area (Å²) in [5.41, 5.74) is 0. The van der Waals surface area contributed by atoms with Gasteiger partial charge in [0.1, 0.15) is 54.9 Å². The Labute approximate surface area is 415 Å². The molecule has 2 heterocycles. The summed E-state index contributed by atoms with van der Waals surface area (Å²) in [5, 5.41) is 72.2. The molecule has 0 aromatic rings. The van der Waals surface area contributed by atoms with Crippen molar-refractivity contribution in [2.45, 2.75) is 248 Å². The predicted molar refractivity (Wildman–Crippen MR) is 270 cm³/mol. The summed E-state index contributed by atoms with van der Waals surface area (Å²) in [5.74, 6) is -0.396. The first-order valence-electron chi connectivity index (χ1n) is 26.9. The zero-order valence-electron chi connectivity index (χ0n) is 42.5. The Balaban J connectivity index is 1.74. The Morgan fingerprint density at radius 3 is 1.46 bits per heavy atom. The monoisotopic (exact) mass is 981 g/mol. The maximum Gasteiger partial charge on any atom is 0.306 e. The van der Waals surface area contributed by atoms with E-state index in [9.17, 15) is 40.5 Å². The van der Waals surface area contributed by atoms with E-state index in [1.54, 1.807) is 0 Å². The van der Waals surface area contributed by atoms with Crippen molar-refractivity contribution in [3.8, 4) is 0 Å². The van der Waals surface area contributed by atoms with Crippen LogP contribution in [0.25, 0.3) is 0 Å². The van der Waals surface area contributed by atoms with Crippen molar-refractivity contribution >= 4 is 5.97 Å². The third kappa shape index (κ3) is 29.7. The highest BCUT2D eigenvalue weighted by Crippen LogP contribution is 2.26. The van der Waals surface area contributed by atoms with Gasteiger partial charge in [-0.3, -0.25) is 4.79 Å². The number of unbranched alkanes of at least 4 members (excludes halogenated alkanes) is 18. The van der Waals surface area contributed by atoms with Crippen molar-refractivity contribution in [3.63, 3.8) is 0 Å². The zero-order chi connectivity index (χ0) is 50.2. The fourth-order valence-electron chi connectivity index (χ4n) is 8.09. The van der Waals surface area contributed by atoms with Crippen LogP contribution in [0.5, 0.6) is 0 Å². The van der Waals surface area contributed by atoms with E-state index in [0.717, 1.165) is 89.9 Å². The number of esters is 1. The number of carbonyl (C=O) groups excluding carboxylic acids is 1. The lowest BCUT2D eigenvalue weighted by atomic mass is 9.98. The van der Waals surface area contributed by atoms with Gasteiger partial charge in [0.15, 0.2) is 12.6 Å². The normalized spacial score (nSPS) is 26.2. The third-order valence-electron chi connectivity index (χ3n) is 12.5. The van der Waals surface area contributed by atoms with Crippen LogP contribution in [-0.4, -0.2) is 142 Å². The fourth-order valence-corrected chi connectivity index (χ4v) is 8.09. The van der Waals surface area contributed by atoms with Gasteiger partial charge < -0.3 is 64.2 Å². The molecule has 0 aromatic carbocycles. The molecule has 2 rings (SSSR count). The number of carbonyl (C=O) groups is 1. The molecule has 2 fully saturated rings. The van der Waals surface area contributed by atoms with E-state index < -0.39 is 86.7 Å². The van der Waals surface area contributed by atoms with Gasteiger partial charge in [-0.15, -0.1) is 0 Å². The van der Waals surface area contributed by atoms with E-state index in [4.69, 9.17) is 28.4 Å². The first-order chi connectivity index (χ1) is 33.6. The van der Waals surface area contributed by atoms with Crippen molar-refractivity contribution in [1.82, 2.24) is 0 Å². The molecular formula is C55H96O14. The molecule has 14 heteroatoms. The molecular weight excluding hydrogens is 885 g/mol. The summed E-state index contributed by atoms with van der Waals surface area (Å²) < 4.78 is 34.3. The molecule has 0 spiro atoms. The standard InChI is InChI=1S/C55H96O14/c1-3-5-7-9-11-13-15-17-18-19-20-21-22-23-24-25-27-29-31-33-35-37-39-64-41-44(67-47(57)38-36-34-32-30-28-26-16-14-12-10-8-6-4-2)42-65-54-53(63)51(61)49(59)46(69-54)43-66-55-52(62)50(60)48(58)45(40-56)68-55/h8,10,14-17,19-20,22-23,44-46,48-56,58-63H,3-7,9,11-13,18,21,24-43H2,1-2H3/b10-8-,16-14-,17-15-,20-19-,23-22-. The molecule has 0 aliphatic carbocycles. The molecule has 0 bridgehead atoms. The van der Waals surface area contributed by atoms with E-state index in [1.165, 1.54) is 64.2 Å². The Bertz CT molecular complexity index is 1370. The van der Waals surface area contributed by atoms with Gasteiger partial charge in [-0.1, -0.05) is 158 Å². The largest absolute Gasteiger partial charge is 0.457 e. The molecule has 11 atom stereocenters. The van der Waals surface area contributed by atoms with Crippen LogP contribution in [0.4, 0.5) is 0 Å². The minimum atomic E-state index is -1.71. The van der Waals surface area contributed by atoms with Gasteiger partial charge in [0.2, 0.25) is 0 Å². The van der Waals surface area contributed by atoms with Crippen molar-refractivity contribution in [3.05, 3.63) is 60.8 Å². The minimum absolute atomic E-state index is 0.0465. The molecule has 0 aromatic heterocycles. The van der Waals surface area contributed by atoms with E-state index in [0.29, 0.717) is 13.0 Å². The van der Waals surface area contributed by atoms with Gasteiger partial charge in [0.05, 0.1) is 26.4 Å². The number of hydrogen-bond acceptors (Lipinski definition) is 14. The maximum atomic E-state index is 13.0. The van der Waals surface area contributed by atoms with Gasteiger partial charge in [-0.05, 0) is 77.0 Å². The lowest BCUT2D eigenvalue weighted by Crippen LogP contribution is -2.61. The minimum Gasteiger partial charge on any atom is -0.457 e. The molecule has 14 nitrogen and oxygen atoms in total. The average molecular weight is 981 g/mol. The second-order valence-electron chi connectivity index (χ2n) is 18.7. The quantitative estimate of drug-likeness (QED) is 0.0174. The average Bonchev–Trinajstić information content (AvgIpc) is 3.35. The van der Waals surface area contributed by atoms with Crippen LogP contribution in [0.15, 0.2) is 60.8 Å². The highest BCUT2D eigenvalue weighted by molar-refractivity contribution is 5.69. The number of aliphatic hydroxyl groups is 7. The maximum absolute atomic E-state index is 13.0. The summed E-state index contributed by atoms with van der Waals surface area (Å²) in [6.07, 6.45) is 34.3. The van der Waals surface area contributed by atoms with Crippen molar-refractivity contribution in [2.24, 2.45) is 0 Å². The van der Waals surface area contributed by atoms with Gasteiger partial charge >= 0.3 is 5.97 Å².